The van der Waals surface area contributed by atoms with Gasteiger partial charge >= 0.3 is 0 Å². The topological polar surface area (TPSA) is 67.4 Å². The minimum absolute atomic E-state index is 0.0491. The van der Waals surface area contributed by atoms with Crippen LogP contribution in [0.1, 0.15) is 18.4 Å². The van der Waals surface area contributed by atoms with Crippen molar-refractivity contribution in [3.8, 4) is 0 Å². The Kier molecular flexibility index (Phi) is 7.34. The molecule has 0 aromatic heterocycles. The minimum atomic E-state index is -0.215. The number of halogens is 2. The Morgan fingerprint density at radius 1 is 1.17 bits per heavy atom. The van der Waals surface area contributed by atoms with Crippen LogP contribution in [0.5, 0.6) is 0 Å². The lowest BCUT2D eigenvalue weighted by molar-refractivity contribution is -0.127. The highest BCUT2D eigenvalue weighted by molar-refractivity contribution is 6.35. The third kappa shape index (κ3) is 5.65. The molecule has 2 rings (SSSR count). The molecule has 1 fully saturated rings. The van der Waals surface area contributed by atoms with Crippen LogP contribution in [0.4, 0.5) is 0 Å². The Morgan fingerprint density at radius 2 is 1.83 bits per heavy atom. The van der Waals surface area contributed by atoms with Gasteiger partial charge in [-0.05, 0) is 37.0 Å². The van der Waals surface area contributed by atoms with Crippen molar-refractivity contribution in [1.29, 1.82) is 0 Å². The summed E-state index contributed by atoms with van der Waals surface area (Å²) in [4.78, 5) is 24.0. The molecule has 132 valence electrons. The first-order valence-corrected chi connectivity index (χ1v) is 8.76. The summed E-state index contributed by atoms with van der Waals surface area (Å²) in [6.45, 7) is 1.67. The second kappa shape index (κ2) is 9.25. The third-order valence-corrected chi connectivity index (χ3v) is 4.58. The summed E-state index contributed by atoms with van der Waals surface area (Å²) in [5, 5.41) is 6.88. The summed E-state index contributed by atoms with van der Waals surface area (Å²) in [5.74, 6) is -0.538. The van der Waals surface area contributed by atoms with E-state index in [1.54, 1.807) is 19.2 Å². The molecular weight excluding hydrogens is 351 g/mol. The van der Waals surface area contributed by atoms with Crippen molar-refractivity contribution in [1.82, 2.24) is 10.6 Å². The molecule has 5 nitrogen and oxygen atoms in total. The van der Waals surface area contributed by atoms with Gasteiger partial charge in [0.15, 0.2) is 0 Å². The zero-order valence-corrected chi connectivity index (χ0v) is 15.1. The van der Waals surface area contributed by atoms with Gasteiger partial charge in [-0.25, -0.2) is 0 Å². The maximum atomic E-state index is 12.1. The fourth-order valence-corrected chi connectivity index (χ4v) is 3.01. The van der Waals surface area contributed by atoms with Crippen molar-refractivity contribution < 1.29 is 14.3 Å². The molecular formula is C17H22Cl2N2O3. The SMILES string of the molecule is COCCCNC(=O)C1CC1C(=O)NCCc1ccc(Cl)cc1Cl. The molecule has 2 N–H and O–H groups in total. The van der Waals surface area contributed by atoms with E-state index in [0.717, 1.165) is 12.0 Å². The number of rotatable bonds is 9. The summed E-state index contributed by atoms with van der Waals surface area (Å²) in [6, 6.07) is 5.31. The molecule has 1 aliphatic carbocycles. The monoisotopic (exact) mass is 372 g/mol. The van der Waals surface area contributed by atoms with E-state index in [9.17, 15) is 9.59 Å². The van der Waals surface area contributed by atoms with E-state index in [0.29, 0.717) is 42.6 Å². The Bertz CT molecular complexity index is 595. The van der Waals surface area contributed by atoms with Gasteiger partial charge in [-0.15, -0.1) is 0 Å². The molecule has 0 saturated heterocycles. The van der Waals surface area contributed by atoms with E-state index in [2.05, 4.69) is 10.6 Å². The van der Waals surface area contributed by atoms with Crippen LogP contribution in [-0.2, 0) is 20.7 Å². The van der Waals surface area contributed by atoms with Gasteiger partial charge in [0.1, 0.15) is 0 Å². The molecule has 1 aromatic rings. The van der Waals surface area contributed by atoms with Crippen LogP contribution in [0.15, 0.2) is 18.2 Å². The summed E-state index contributed by atoms with van der Waals surface area (Å²) >= 11 is 11.9. The van der Waals surface area contributed by atoms with Gasteiger partial charge < -0.3 is 15.4 Å². The van der Waals surface area contributed by atoms with Crippen LogP contribution in [0.25, 0.3) is 0 Å². The quantitative estimate of drug-likeness (QED) is 0.654. The predicted molar refractivity (Wildman–Crippen MR) is 94.3 cm³/mol. The van der Waals surface area contributed by atoms with E-state index < -0.39 is 0 Å². The molecule has 2 atom stereocenters. The second-order valence-electron chi connectivity index (χ2n) is 5.86. The van der Waals surface area contributed by atoms with E-state index in [-0.39, 0.29) is 23.7 Å². The van der Waals surface area contributed by atoms with Gasteiger partial charge in [0.25, 0.3) is 0 Å². The van der Waals surface area contributed by atoms with E-state index in [4.69, 9.17) is 27.9 Å². The molecule has 0 spiro atoms. The van der Waals surface area contributed by atoms with Crippen LogP contribution < -0.4 is 10.6 Å². The molecule has 0 radical (unpaired) electrons. The number of hydrogen-bond acceptors (Lipinski definition) is 3. The highest BCUT2D eigenvalue weighted by Gasteiger charge is 2.47. The number of carbonyl (C=O) groups is 2. The summed E-state index contributed by atoms with van der Waals surface area (Å²) in [6.07, 6.45) is 2.01. The van der Waals surface area contributed by atoms with Gasteiger partial charge in [-0.3, -0.25) is 9.59 Å². The summed E-state index contributed by atoms with van der Waals surface area (Å²) in [7, 11) is 1.63. The first kappa shape index (κ1) is 19.0. The largest absolute Gasteiger partial charge is 0.385 e. The Hall–Kier alpha value is -1.30. The van der Waals surface area contributed by atoms with E-state index in [1.807, 2.05) is 6.07 Å². The lowest BCUT2D eigenvalue weighted by Gasteiger charge is -2.07. The van der Waals surface area contributed by atoms with Crippen molar-refractivity contribution in [2.75, 3.05) is 26.8 Å². The highest BCUT2D eigenvalue weighted by Crippen LogP contribution is 2.38. The van der Waals surface area contributed by atoms with E-state index >= 15 is 0 Å². The molecule has 7 heteroatoms. The fraction of sp³-hybridized carbons (Fsp3) is 0.529. The number of hydrogen-bond donors (Lipinski definition) is 2. The Balaban J connectivity index is 1.66. The molecule has 2 amide bonds. The van der Waals surface area contributed by atoms with Gasteiger partial charge in [-0.1, -0.05) is 29.3 Å². The maximum absolute atomic E-state index is 12.1. The third-order valence-electron chi connectivity index (χ3n) is 4.00. The average molecular weight is 373 g/mol. The molecule has 0 bridgehead atoms. The smallest absolute Gasteiger partial charge is 0.223 e. The number of benzene rings is 1. The van der Waals surface area contributed by atoms with Crippen LogP contribution in [0.2, 0.25) is 10.0 Å². The number of nitrogens with one attached hydrogen (secondary N) is 2. The zero-order chi connectivity index (χ0) is 17.5. The predicted octanol–water partition coefficient (Wildman–Crippen LogP) is 2.44. The van der Waals surface area contributed by atoms with Crippen LogP contribution in [0, 0.1) is 11.8 Å². The van der Waals surface area contributed by atoms with Gasteiger partial charge in [-0.2, -0.15) is 0 Å². The first-order valence-electron chi connectivity index (χ1n) is 8.01. The fourth-order valence-electron chi connectivity index (χ4n) is 2.51. The van der Waals surface area contributed by atoms with Crippen LogP contribution in [0.3, 0.4) is 0 Å². The number of carbonyl (C=O) groups excluding carboxylic acids is 2. The van der Waals surface area contributed by atoms with Crippen molar-refractivity contribution in [3.63, 3.8) is 0 Å². The standard InChI is InChI=1S/C17H22Cl2N2O3/c1-24-8-2-6-20-16(22)13-10-14(13)17(23)21-7-5-11-3-4-12(18)9-15(11)19/h3-4,9,13-14H,2,5-8,10H2,1H3,(H,20,22)(H,21,23). The second-order valence-corrected chi connectivity index (χ2v) is 6.71. The van der Waals surface area contributed by atoms with Crippen LogP contribution >= 0.6 is 23.2 Å². The maximum Gasteiger partial charge on any atom is 0.223 e. The highest BCUT2D eigenvalue weighted by atomic mass is 35.5. The number of methoxy groups -OCH3 is 1. The minimum Gasteiger partial charge on any atom is -0.385 e. The Labute approximate surface area is 152 Å². The first-order chi connectivity index (χ1) is 11.5. The van der Waals surface area contributed by atoms with Gasteiger partial charge in [0.2, 0.25) is 11.8 Å². The van der Waals surface area contributed by atoms with E-state index in [1.165, 1.54) is 0 Å². The van der Waals surface area contributed by atoms with Crippen molar-refractivity contribution in [3.05, 3.63) is 33.8 Å². The van der Waals surface area contributed by atoms with Crippen molar-refractivity contribution in [2.24, 2.45) is 11.8 Å². The molecule has 24 heavy (non-hydrogen) atoms. The van der Waals surface area contributed by atoms with Crippen molar-refractivity contribution in [2.45, 2.75) is 19.3 Å². The number of amides is 2. The summed E-state index contributed by atoms with van der Waals surface area (Å²) < 4.78 is 4.92. The van der Waals surface area contributed by atoms with Gasteiger partial charge in [0.05, 0.1) is 11.8 Å². The molecule has 0 aliphatic heterocycles. The van der Waals surface area contributed by atoms with Gasteiger partial charge in [0, 0.05) is 36.9 Å². The average Bonchev–Trinajstić information content (AvgIpc) is 3.34. The van der Waals surface area contributed by atoms with Crippen molar-refractivity contribution >= 4 is 35.0 Å². The molecule has 1 aliphatic rings. The Morgan fingerprint density at radius 3 is 2.46 bits per heavy atom. The lowest BCUT2D eigenvalue weighted by Crippen LogP contribution is -2.31. The van der Waals surface area contributed by atoms with Crippen LogP contribution in [-0.4, -0.2) is 38.6 Å². The summed E-state index contributed by atoms with van der Waals surface area (Å²) in [5.41, 5.74) is 0.935. The number of ether oxygens (including phenoxy) is 1. The molecule has 1 saturated carbocycles. The zero-order valence-electron chi connectivity index (χ0n) is 13.6. The lowest BCUT2D eigenvalue weighted by atomic mass is 10.1. The normalized spacial score (nSPS) is 19.0. The molecule has 1 aromatic carbocycles. The molecule has 0 heterocycles. The molecule has 2 unspecified atom stereocenters.